The SMILES string of the molecule is CCOc1cccc(C=O)c1OCCn1ccccc1=O. The Kier molecular flexibility index (Phi) is 5.15. The van der Waals surface area contributed by atoms with E-state index in [1.165, 1.54) is 6.07 Å². The highest BCUT2D eigenvalue weighted by atomic mass is 16.5. The number of rotatable bonds is 7. The smallest absolute Gasteiger partial charge is 0.250 e. The first-order valence-corrected chi connectivity index (χ1v) is 6.75. The van der Waals surface area contributed by atoms with Crippen molar-refractivity contribution in [2.24, 2.45) is 0 Å². The van der Waals surface area contributed by atoms with E-state index in [4.69, 9.17) is 9.47 Å². The lowest BCUT2D eigenvalue weighted by molar-refractivity contribution is 0.111. The number of ether oxygens (including phenoxy) is 2. The molecule has 21 heavy (non-hydrogen) atoms. The number of benzene rings is 1. The molecule has 0 atom stereocenters. The molecule has 1 aromatic carbocycles. The molecule has 0 saturated heterocycles. The van der Waals surface area contributed by atoms with Gasteiger partial charge < -0.3 is 14.0 Å². The van der Waals surface area contributed by atoms with Crippen molar-refractivity contribution in [3.8, 4) is 11.5 Å². The summed E-state index contributed by atoms with van der Waals surface area (Å²) in [6.45, 7) is 3.02. The van der Waals surface area contributed by atoms with Crippen LogP contribution in [0.25, 0.3) is 0 Å². The minimum atomic E-state index is -0.0881. The van der Waals surface area contributed by atoms with Gasteiger partial charge in [-0.1, -0.05) is 12.1 Å². The first-order chi connectivity index (χ1) is 10.3. The van der Waals surface area contributed by atoms with Gasteiger partial charge in [-0.15, -0.1) is 0 Å². The van der Waals surface area contributed by atoms with Crippen LogP contribution in [0.4, 0.5) is 0 Å². The second-order valence-electron chi connectivity index (χ2n) is 4.31. The molecule has 1 aromatic heterocycles. The summed E-state index contributed by atoms with van der Waals surface area (Å²) in [6, 6.07) is 10.1. The first-order valence-electron chi connectivity index (χ1n) is 6.75. The molecule has 5 nitrogen and oxygen atoms in total. The van der Waals surface area contributed by atoms with Crippen molar-refractivity contribution >= 4 is 6.29 Å². The Hall–Kier alpha value is -2.56. The Balaban J connectivity index is 2.10. The number of aldehydes is 1. The molecule has 0 saturated carbocycles. The predicted octanol–water partition coefficient (Wildman–Crippen LogP) is 2.14. The summed E-state index contributed by atoms with van der Waals surface area (Å²) in [5.74, 6) is 0.945. The summed E-state index contributed by atoms with van der Waals surface area (Å²) in [7, 11) is 0. The van der Waals surface area contributed by atoms with Crippen LogP contribution in [0.2, 0.25) is 0 Å². The van der Waals surface area contributed by atoms with Crippen LogP contribution in [-0.4, -0.2) is 24.1 Å². The fourth-order valence-corrected chi connectivity index (χ4v) is 1.94. The number of aromatic nitrogens is 1. The summed E-state index contributed by atoms with van der Waals surface area (Å²) in [6.07, 6.45) is 2.42. The molecule has 2 aromatic rings. The van der Waals surface area contributed by atoms with Crippen molar-refractivity contribution in [3.63, 3.8) is 0 Å². The monoisotopic (exact) mass is 287 g/mol. The molecule has 0 aliphatic rings. The average Bonchev–Trinajstić information content (AvgIpc) is 2.50. The lowest BCUT2D eigenvalue weighted by Crippen LogP contribution is -2.21. The molecule has 0 unspecified atom stereocenters. The van der Waals surface area contributed by atoms with Crippen molar-refractivity contribution in [2.45, 2.75) is 13.5 Å². The van der Waals surface area contributed by atoms with Crippen molar-refractivity contribution in [2.75, 3.05) is 13.2 Å². The second kappa shape index (κ2) is 7.28. The van der Waals surface area contributed by atoms with E-state index in [2.05, 4.69) is 0 Å². The maximum Gasteiger partial charge on any atom is 0.250 e. The van der Waals surface area contributed by atoms with Gasteiger partial charge in [-0.25, -0.2) is 0 Å². The van der Waals surface area contributed by atoms with Crippen LogP contribution < -0.4 is 15.0 Å². The van der Waals surface area contributed by atoms with Gasteiger partial charge in [0.1, 0.15) is 6.61 Å². The largest absolute Gasteiger partial charge is 0.490 e. The first kappa shape index (κ1) is 14.8. The van der Waals surface area contributed by atoms with Crippen LogP contribution in [0.1, 0.15) is 17.3 Å². The fourth-order valence-electron chi connectivity index (χ4n) is 1.94. The lowest BCUT2D eigenvalue weighted by Gasteiger charge is -2.14. The Morgan fingerprint density at radius 2 is 2.00 bits per heavy atom. The number of hydrogen-bond acceptors (Lipinski definition) is 4. The zero-order chi connectivity index (χ0) is 15.1. The highest BCUT2D eigenvalue weighted by Crippen LogP contribution is 2.30. The molecule has 0 aliphatic heterocycles. The van der Waals surface area contributed by atoms with E-state index in [0.717, 1.165) is 6.29 Å². The summed E-state index contributed by atoms with van der Waals surface area (Å²) >= 11 is 0. The maximum atomic E-state index is 11.6. The van der Waals surface area contributed by atoms with E-state index in [0.29, 0.717) is 30.2 Å². The van der Waals surface area contributed by atoms with Gasteiger partial charge in [0, 0.05) is 12.3 Å². The molecule has 0 bridgehead atoms. The standard InChI is InChI=1S/C16H17NO4/c1-2-20-14-7-5-6-13(12-18)16(14)21-11-10-17-9-4-3-8-15(17)19/h3-9,12H,2,10-11H2,1H3. The predicted molar refractivity (Wildman–Crippen MR) is 79.2 cm³/mol. The summed E-state index contributed by atoms with van der Waals surface area (Å²) in [5, 5.41) is 0. The Bertz CT molecular complexity index is 663. The second-order valence-corrected chi connectivity index (χ2v) is 4.31. The minimum Gasteiger partial charge on any atom is -0.490 e. The van der Waals surface area contributed by atoms with E-state index in [1.54, 1.807) is 41.1 Å². The third kappa shape index (κ3) is 3.72. The van der Waals surface area contributed by atoms with Crippen LogP contribution in [0.15, 0.2) is 47.4 Å². The third-order valence-corrected chi connectivity index (χ3v) is 2.91. The van der Waals surface area contributed by atoms with Gasteiger partial charge in [0.15, 0.2) is 17.8 Å². The molecule has 0 aliphatic carbocycles. The van der Waals surface area contributed by atoms with Crippen LogP contribution in [-0.2, 0) is 6.54 Å². The molecule has 2 rings (SSSR count). The van der Waals surface area contributed by atoms with Crippen LogP contribution in [0.3, 0.4) is 0 Å². The fraction of sp³-hybridized carbons (Fsp3) is 0.250. The zero-order valence-corrected chi connectivity index (χ0v) is 11.8. The molecule has 0 spiro atoms. The van der Waals surface area contributed by atoms with Gasteiger partial charge in [-0.2, -0.15) is 0 Å². The molecule has 0 N–H and O–H groups in total. The van der Waals surface area contributed by atoms with Crippen molar-refractivity contribution in [3.05, 3.63) is 58.5 Å². The Morgan fingerprint density at radius 3 is 2.71 bits per heavy atom. The number of para-hydroxylation sites is 1. The highest BCUT2D eigenvalue weighted by Gasteiger charge is 2.10. The van der Waals surface area contributed by atoms with Gasteiger partial charge in [-0.3, -0.25) is 9.59 Å². The summed E-state index contributed by atoms with van der Waals surface area (Å²) < 4.78 is 12.7. The molecule has 0 radical (unpaired) electrons. The van der Waals surface area contributed by atoms with Crippen LogP contribution in [0, 0.1) is 0 Å². The number of carbonyl (C=O) groups excluding carboxylic acids is 1. The molecule has 5 heteroatoms. The van der Waals surface area contributed by atoms with Crippen molar-refractivity contribution in [1.29, 1.82) is 0 Å². The van der Waals surface area contributed by atoms with E-state index in [9.17, 15) is 9.59 Å². The highest BCUT2D eigenvalue weighted by molar-refractivity contribution is 5.81. The van der Waals surface area contributed by atoms with Gasteiger partial charge >= 0.3 is 0 Å². The maximum absolute atomic E-state index is 11.6. The quantitative estimate of drug-likeness (QED) is 0.732. The van der Waals surface area contributed by atoms with E-state index < -0.39 is 0 Å². The Morgan fingerprint density at radius 1 is 1.14 bits per heavy atom. The van der Waals surface area contributed by atoms with E-state index in [1.807, 2.05) is 6.92 Å². The number of nitrogens with zero attached hydrogens (tertiary/aromatic N) is 1. The lowest BCUT2D eigenvalue weighted by atomic mass is 10.2. The zero-order valence-electron chi connectivity index (χ0n) is 11.8. The Labute approximate surface area is 122 Å². The molecule has 110 valence electrons. The molecular formula is C16H17NO4. The molecule has 0 fully saturated rings. The number of pyridine rings is 1. The van der Waals surface area contributed by atoms with Crippen molar-refractivity contribution in [1.82, 2.24) is 4.57 Å². The average molecular weight is 287 g/mol. The normalized spacial score (nSPS) is 10.1. The van der Waals surface area contributed by atoms with Gasteiger partial charge in [0.25, 0.3) is 5.56 Å². The van der Waals surface area contributed by atoms with Crippen LogP contribution in [0.5, 0.6) is 11.5 Å². The van der Waals surface area contributed by atoms with Gasteiger partial charge in [-0.05, 0) is 25.1 Å². The number of carbonyl (C=O) groups is 1. The molecular weight excluding hydrogens is 270 g/mol. The summed E-state index contributed by atoms with van der Waals surface area (Å²) in [4.78, 5) is 22.7. The van der Waals surface area contributed by atoms with Crippen molar-refractivity contribution < 1.29 is 14.3 Å². The summed E-state index contributed by atoms with van der Waals surface area (Å²) in [5.41, 5.74) is 0.344. The number of hydrogen-bond donors (Lipinski definition) is 0. The van der Waals surface area contributed by atoms with E-state index in [-0.39, 0.29) is 12.2 Å². The van der Waals surface area contributed by atoms with E-state index >= 15 is 0 Å². The van der Waals surface area contributed by atoms with Crippen LogP contribution >= 0.6 is 0 Å². The third-order valence-electron chi connectivity index (χ3n) is 2.91. The minimum absolute atomic E-state index is 0.0881. The molecule has 1 heterocycles. The van der Waals surface area contributed by atoms with Gasteiger partial charge in [0.05, 0.1) is 18.7 Å². The molecule has 0 amide bonds. The topological polar surface area (TPSA) is 57.5 Å². The van der Waals surface area contributed by atoms with Gasteiger partial charge in [0.2, 0.25) is 0 Å².